The summed E-state index contributed by atoms with van der Waals surface area (Å²) in [5.41, 5.74) is -0.306. The average Bonchev–Trinajstić information content (AvgIpc) is 3.26. The molecule has 1 aliphatic carbocycles. The van der Waals surface area contributed by atoms with Gasteiger partial charge < -0.3 is 16.0 Å². The van der Waals surface area contributed by atoms with E-state index in [9.17, 15) is 26.4 Å². The van der Waals surface area contributed by atoms with Gasteiger partial charge >= 0.3 is 6.18 Å². The Morgan fingerprint density at radius 2 is 1.86 bits per heavy atom. The van der Waals surface area contributed by atoms with Crippen molar-refractivity contribution in [3.8, 4) is 0 Å². The normalized spacial score (nSPS) is 19.8. The van der Waals surface area contributed by atoms with E-state index in [1.165, 1.54) is 22.5 Å². The molecular weight excluding hydrogens is 587 g/mol. The van der Waals surface area contributed by atoms with Gasteiger partial charge in [-0.25, -0.2) is 8.42 Å². The van der Waals surface area contributed by atoms with Crippen LogP contribution in [0.1, 0.15) is 38.7 Å². The number of carbonyl (C=O) groups excluding carboxylic acids is 1. The van der Waals surface area contributed by atoms with E-state index in [1.807, 2.05) is 6.26 Å². The van der Waals surface area contributed by atoms with Crippen molar-refractivity contribution < 1.29 is 26.4 Å². The number of hydrogen-bond donors (Lipinski definition) is 3. The Bertz CT molecular complexity index is 1490. The van der Waals surface area contributed by atoms with Crippen LogP contribution in [0, 0.1) is 11.8 Å². The number of halogens is 3. The molecular formula is C29H38F3N5O3S2. The molecule has 0 radical (unpaired) electrons. The van der Waals surface area contributed by atoms with Crippen LogP contribution >= 0.6 is 11.8 Å². The van der Waals surface area contributed by atoms with Crippen LogP contribution in [0.25, 0.3) is 10.9 Å². The molecule has 1 aromatic heterocycles. The van der Waals surface area contributed by atoms with Gasteiger partial charge in [-0.3, -0.25) is 9.48 Å². The largest absolute Gasteiger partial charge is 0.416 e. The summed E-state index contributed by atoms with van der Waals surface area (Å²) in [5, 5.41) is 13.9. The molecule has 3 N–H and O–H groups in total. The number of sulfone groups is 1. The lowest BCUT2D eigenvalue weighted by atomic mass is 9.82. The Kier molecular flexibility index (Phi) is 10.1. The molecule has 1 heterocycles. The smallest absolute Gasteiger partial charge is 0.359 e. The highest BCUT2D eigenvalue weighted by molar-refractivity contribution is 7.98. The van der Waals surface area contributed by atoms with E-state index >= 15 is 0 Å². The van der Waals surface area contributed by atoms with Gasteiger partial charge in [0.25, 0.3) is 0 Å². The summed E-state index contributed by atoms with van der Waals surface area (Å²) in [6.07, 6.45) is -0.593. The molecule has 3 aromatic rings. The summed E-state index contributed by atoms with van der Waals surface area (Å²) >= 11 is 1.53. The van der Waals surface area contributed by atoms with E-state index in [-0.39, 0.29) is 52.3 Å². The molecule has 8 nitrogen and oxygen atoms in total. The summed E-state index contributed by atoms with van der Waals surface area (Å²) in [5.74, 6) is -0.188. The Balaban J connectivity index is 1.47. The first-order chi connectivity index (χ1) is 19.8. The maximum Gasteiger partial charge on any atom is 0.416 e. The molecule has 13 heteroatoms. The van der Waals surface area contributed by atoms with Crippen molar-refractivity contribution in [2.45, 2.75) is 61.2 Å². The third kappa shape index (κ3) is 7.99. The maximum atomic E-state index is 13.4. The van der Waals surface area contributed by atoms with Gasteiger partial charge in [-0.2, -0.15) is 18.3 Å². The molecule has 1 fully saturated rings. The number of benzene rings is 2. The Hall–Kier alpha value is -2.77. The van der Waals surface area contributed by atoms with E-state index in [2.05, 4.69) is 34.9 Å². The first kappa shape index (κ1) is 32.2. The summed E-state index contributed by atoms with van der Waals surface area (Å²) in [6.45, 7) is 4.82. The number of fused-ring (bicyclic) bond motifs is 1. The van der Waals surface area contributed by atoms with Gasteiger partial charge in [-0.1, -0.05) is 13.8 Å². The Morgan fingerprint density at radius 1 is 1.14 bits per heavy atom. The fourth-order valence-corrected chi connectivity index (χ4v) is 7.46. The van der Waals surface area contributed by atoms with Crippen LogP contribution < -0.4 is 16.0 Å². The van der Waals surface area contributed by atoms with Gasteiger partial charge in [-0.05, 0) is 86.4 Å². The number of amides is 1. The molecule has 2 aromatic carbocycles. The topological polar surface area (TPSA) is 105 Å². The van der Waals surface area contributed by atoms with Crippen molar-refractivity contribution >= 4 is 44.2 Å². The standard InChI is InChI=1S/C29H38F3N5O3S2/c1-18(2)15-33-21-6-11-25(19(13-21)17-42(39,40)23-9-7-22(41-4)8-10-23)35-27(38)16-34-28-24-14-20(29(30,31)32)5-12-26(24)37(3)36-28/h5,7-10,12,14,18-19,21,25,33H,6,11,13,15-17H2,1-4H3,(H,34,36)(H,35,38). The first-order valence-electron chi connectivity index (χ1n) is 13.9. The van der Waals surface area contributed by atoms with Gasteiger partial charge in [0.1, 0.15) is 0 Å². The second kappa shape index (κ2) is 13.3. The molecule has 0 aliphatic heterocycles. The second-order valence-corrected chi connectivity index (χ2v) is 14.2. The summed E-state index contributed by atoms with van der Waals surface area (Å²) in [6, 6.07) is 9.95. The fraction of sp³-hybridized carbons (Fsp3) is 0.517. The minimum Gasteiger partial charge on any atom is -0.359 e. The molecule has 0 bridgehead atoms. The van der Waals surface area contributed by atoms with E-state index in [4.69, 9.17) is 0 Å². The number of alkyl halides is 3. The number of nitrogens with one attached hydrogen (secondary N) is 3. The van der Waals surface area contributed by atoms with Crippen LogP contribution in [0.5, 0.6) is 0 Å². The predicted octanol–water partition coefficient (Wildman–Crippen LogP) is 5.10. The number of carbonyl (C=O) groups is 1. The van der Waals surface area contributed by atoms with E-state index < -0.39 is 21.6 Å². The second-order valence-electron chi connectivity index (χ2n) is 11.3. The number of rotatable bonds is 11. The van der Waals surface area contributed by atoms with Gasteiger partial charge in [-0.15, -0.1) is 11.8 Å². The highest BCUT2D eigenvalue weighted by Crippen LogP contribution is 2.34. The van der Waals surface area contributed by atoms with Gasteiger partial charge in [0, 0.05) is 29.4 Å². The molecule has 0 saturated heterocycles. The van der Waals surface area contributed by atoms with Gasteiger partial charge in [0.2, 0.25) is 5.91 Å². The Morgan fingerprint density at radius 3 is 2.50 bits per heavy atom. The van der Waals surface area contributed by atoms with E-state index in [0.29, 0.717) is 24.3 Å². The number of hydrogen-bond acceptors (Lipinski definition) is 7. The third-order valence-electron chi connectivity index (χ3n) is 7.59. The summed E-state index contributed by atoms with van der Waals surface area (Å²) in [4.78, 5) is 14.3. The van der Waals surface area contributed by atoms with Crippen molar-refractivity contribution in [3.05, 3.63) is 48.0 Å². The van der Waals surface area contributed by atoms with Crippen molar-refractivity contribution in [3.63, 3.8) is 0 Å². The summed E-state index contributed by atoms with van der Waals surface area (Å²) < 4.78 is 68.1. The zero-order chi connectivity index (χ0) is 30.7. The molecule has 1 aliphatic rings. The SMILES string of the molecule is CSc1ccc(S(=O)(=O)CC2CC(NCC(C)C)CCC2NC(=O)CNc2nn(C)c3ccc(C(F)(F)F)cc23)cc1. The van der Waals surface area contributed by atoms with Crippen LogP contribution in [0.3, 0.4) is 0 Å². The average molecular weight is 626 g/mol. The predicted molar refractivity (Wildman–Crippen MR) is 160 cm³/mol. The van der Waals surface area contributed by atoms with Crippen LogP contribution in [0.2, 0.25) is 0 Å². The van der Waals surface area contributed by atoms with Crippen molar-refractivity contribution in [2.24, 2.45) is 18.9 Å². The highest BCUT2D eigenvalue weighted by atomic mass is 32.2. The van der Waals surface area contributed by atoms with Crippen molar-refractivity contribution in [2.75, 3.05) is 30.4 Å². The molecule has 1 saturated carbocycles. The van der Waals surface area contributed by atoms with Crippen molar-refractivity contribution in [1.29, 1.82) is 0 Å². The minimum atomic E-state index is -4.51. The highest BCUT2D eigenvalue weighted by Gasteiger charge is 2.35. The van der Waals surface area contributed by atoms with Crippen LogP contribution in [-0.4, -0.2) is 61.3 Å². The zero-order valence-electron chi connectivity index (χ0n) is 24.2. The molecule has 0 spiro atoms. The molecule has 3 unspecified atom stereocenters. The summed E-state index contributed by atoms with van der Waals surface area (Å²) in [7, 11) is -1.99. The van der Waals surface area contributed by atoms with E-state index in [0.717, 1.165) is 30.0 Å². The Labute approximate surface area is 249 Å². The molecule has 230 valence electrons. The number of thioether (sulfide) groups is 1. The fourth-order valence-electron chi connectivity index (χ4n) is 5.38. The lowest BCUT2D eigenvalue weighted by molar-refractivity contribution is -0.137. The zero-order valence-corrected chi connectivity index (χ0v) is 25.8. The molecule has 1 amide bonds. The lowest BCUT2D eigenvalue weighted by Gasteiger charge is -2.37. The molecule has 4 rings (SSSR count). The monoisotopic (exact) mass is 625 g/mol. The quantitative estimate of drug-likeness (QED) is 0.255. The maximum absolute atomic E-state index is 13.4. The number of aromatic nitrogens is 2. The van der Waals surface area contributed by atoms with Crippen LogP contribution in [-0.2, 0) is 27.9 Å². The molecule has 42 heavy (non-hydrogen) atoms. The van der Waals surface area contributed by atoms with Gasteiger partial charge in [0.05, 0.1) is 28.3 Å². The van der Waals surface area contributed by atoms with Crippen molar-refractivity contribution in [1.82, 2.24) is 20.4 Å². The van der Waals surface area contributed by atoms with E-state index in [1.54, 1.807) is 31.3 Å². The first-order valence-corrected chi connectivity index (χ1v) is 16.8. The lowest BCUT2D eigenvalue weighted by Crippen LogP contribution is -2.51. The van der Waals surface area contributed by atoms with Crippen LogP contribution in [0.4, 0.5) is 19.0 Å². The molecule has 3 atom stereocenters. The number of anilines is 1. The van der Waals surface area contributed by atoms with Gasteiger partial charge in [0.15, 0.2) is 15.7 Å². The van der Waals surface area contributed by atoms with Crippen LogP contribution in [0.15, 0.2) is 52.3 Å². The number of aryl methyl sites for hydroxylation is 1. The minimum absolute atomic E-state index is 0.102. The number of nitrogens with zero attached hydrogens (tertiary/aromatic N) is 2. The third-order valence-corrected chi connectivity index (χ3v) is 10.2.